The third-order valence-corrected chi connectivity index (χ3v) is 6.12. The summed E-state index contributed by atoms with van der Waals surface area (Å²) in [7, 11) is 0. The molecule has 1 aromatic carbocycles. The molecule has 0 aliphatic carbocycles. The number of rotatable bonds is 7. The van der Waals surface area contributed by atoms with E-state index in [1.165, 1.54) is 17.3 Å². The van der Waals surface area contributed by atoms with E-state index in [4.69, 9.17) is 4.74 Å². The van der Waals surface area contributed by atoms with Crippen LogP contribution in [0.3, 0.4) is 0 Å². The molecule has 0 spiro atoms. The second-order valence-electron chi connectivity index (χ2n) is 8.50. The minimum atomic E-state index is -0.868. The second kappa shape index (κ2) is 12.7. The summed E-state index contributed by atoms with van der Waals surface area (Å²) in [6.07, 6.45) is 2.33. The predicted octanol–water partition coefficient (Wildman–Crippen LogP) is 2.69. The number of carbonyl (C=O) groups is 4. The van der Waals surface area contributed by atoms with Gasteiger partial charge in [0.15, 0.2) is 0 Å². The number of ether oxygens (including phenoxy) is 1. The van der Waals surface area contributed by atoms with Gasteiger partial charge in [-0.2, -0.15) is 11.8 Å². The molecular formula is C22H32N4O5S2. The van der Waals surface area contributed by atoms with Gasteiger partial charge in [0.25, 0.3) is 11.1 Å². The van der Waals surface area contributed by atoms with Gasteiger partial charge in [-0.3, -0.25) is 25.2 Å². The Hall–Kier alpha value is -2.40. The van der Waals surface area contributed by atoms with Gasteiger partial charge < -0.3 is 15.0 Å². The van der Waals surface area contributed by atoms with Crippen LogP contribution < -0.4 is 16.2 Å². The van der Waals surface area contributed by atoms with E-state index in [0.717, 1.165) is 23.7 Å². The third kappa shape index (κ3) is 9.55. The van der Waals surface area contributed by atoms with Crippen LogP contribution in [0.5, 0.6) is 0 Å². The van der Waals surface area contributed by atoms with Crippen LogP contribution in [0.15, 0.2) is 24.3 Å². The highest BCUT2D eigenvalue weighted by atomic mass is 32.2. The quantitative estimate of drug-likeness (QED) is 0.497. The first-order valence-electron chi connectivity index (χ1n) is 10.6. The van der Waals surface area contributed by atoms with Crippen molar-refractivity contribution in [2.45, 2.75) is 51.8 Å². The average Bonchev–Trinajstić information content (AvgIpc) is 2.76. The summed E-state index contributed by atoms with van der Waals surface area (Å²) in [5.74, 6) is -0.108. The minimum absolute atomic E-state index is 0.0318. The van der Waals surface area contributed by atoms with Gasteiger partial charge in [-0.25, -0.2) is 4.79 Å². The molecule has 33 heavy (non-hydrogen) atoms. The molecule has 3 N–H and O–H groups in total. The number of alkyl carbamates (subject to hydrolysis) is 1. The SMILES string of the molecule is CSCC[C@H](NC(=O)OC(C)(C)C)C(=O)NNC(=O)SCC(=O)N1CCc2ccccc2C1. The number of hydrogen-bond acceptors (Lipinski definition) is 7. The van der Waals surface area contributed by atoms with E-state index < -0.39 is 28.9 Å². The molecule has 0 unspecified atom stereocenters. The summed E-state index contributed by atoms with van der Waals surface area (Å²) in [4.78, 5) is 50.8. The molecule has 182 valence electrons. The molecule has 9 nitrogen and oxygen atoms in total. The van der Waals surface area contributed by atoms with E-state index in [9.17, 15) is 19.2 Å². The smallest absolute Gasteiger partial charge is 0.408 e. The zero-order chi connectivity index (χ0) is 24.4. The van der Waals surface area contributed by atoms with Crippen LogP contribution in [0.4, 0.5) is 9.59 Å². The number of hydrazine groups is 1. The van der Waals surface area contributed by atoms with Crippen molar-refractivity contribution in [2.24, 2.45) is 0 Å². The van der Waals surface area contributed by atoms with E-state index >= 15 is 0 Å². The first-order chi connectivity index (χ1) is 15.6. The van der Waals surface area contributed by atoms with Gasteiger partial charge >= 0.3 is 6.09 Å². The predicted molar refractivity (Wildman–Crippen MR) is 131 cm³/mol. The average molecular weight is 497 g/mol. The van der Waals surface area contributed by atoms with Crippen LogP contribution in [0.25, 0.3) is 0 Å². The number of nitrogens with one attached hydrogen (secondary N) is 3. The van der Waals surface area contributed by atoms with Crippen molar-refractivity contribution in [3.63, 3.8) is 0 Å². The summed E-state index contributed by atoms with van der Waals surface area (Å²) in [5, 5.41) is 1.97. The number of benzene rings is 1. The van der Waals surface area contributed by atoms with E-state index in [-0.39, 0.29) is 11.7 Å². The summed E-state index contributed by atoms with van der Waals surface area (Å²) in [6.45, 7) is 6.32. The van der Waals surface area contributed by atoms with Gasteiger partial charge in [-0.15, -0.1) is 0 Å². The zero-order valence-corrected chi connectivity index (χ0v) is 21.1. The van der Waals surface area contributed by atoms with Gasteiger partial charge in [-0.05, 0) is 56.7 Å². The lowest BCUT2D eigenvalue weighted by Gasteiger charge is -2.28. The molecule has 0 fully saturated rings. The Kier molecular flexibility index (Phi) is 10.4. The molecule has 2 rings (SSSR count). The van der Waals surface area contributed by atoms with Crippen LogP contribution >= 0.6 is 23.5 Å². The molecule has 1 aliphatic heterocycles. The van der Waals surface area contributed by atoms with Crippen LogP contribution in [0.2, 0.25) is 0 Å². The molecular weight excluding hydrogens is 464 g/mol. The Morgan fingerprint density at radius 2 is 1.82 bits per heavy atom. The van der Waals surface area contributed by atoms with E-state index in [1.807, 2.05) is 24.5 Å². The van der Waals surface area contributed by atoms with Gasteiger partial charge in [0, 0.05) is 13.1 Å². The molecule has 11 heteroatoms. The first kappa shape index (κ1) is 26.8. The molecule has 0 saturated heterocycles. The zero-order valence-electron chi connectivity index (χ0n) is 19.4. The summed E-state index contributed by atoms with van der Waals surface area (Å²) in [6, 6.07) is 7.13. The molecule has 0 radical (unpaired) electrons. The van der Waals surface area contributed by atoms with E-state index in [0.29, 0.717) is 25.3 Å². The molecule has 1 aliphatic rings. The molecule has 1 heterocycles. The normalized spacial score (nSPS) is 14.0. The van der Waals surface area contributed by atoms with Crippen LogP contribution in [-0.4, -0.2) is 64.0 Å². The molecule has 4 amide bonds. The number of fused-ring (bicyclic) bond motifs is 1. The fraction of sp³-hybridized carbons (Fsp3) is 0.545. The highest BCUT2D eigenvalue weighted by Gasteiger charge is 2.25. The lowest BCUT2D eigenvalue weighted by atomic mass is 10.00. The summed E-state index contributed by atoms with van der Waals surface area (Å²) in [5.41, 5.74) is 6.27. The monoisotopic (exact) mass is 496 g/mol. The Balaban J connectivity index is 1.77. The molecule has 0 saturated carbocycles. The second-order valence-corrected chi connectivity index (χ2v) is 10.4. The third-order valence-electron chi connectivity index (χ3n) is 4.72. The lowest BCUT2D eigenvalue weighted by Crippen LogP contribution is -2.52. The van der Waals surface area contributed by atoms with Crippen molar-refractivity contribution in [3.8, 4) is 0 Å². The number of amides is 4. The Labute approximate surface area is 203 Å². The number of thioether (sulfide) groups is 2. The van der Waals surface area contributed by atoms with Crippen molar-refractivity contribution < 1.29 is 23.9 Å². The number of carbonyl (C=O) groups excluding carboxylic acids is 4. The fourth-order valence-corrected chi connectivity index (χ4v) is 4.15. The number of hydrogen-bond donors (Lipinski definition) is 3. The van der Waals surface area contributed by atoms with Crippen molar-refractivity contribution in [2.75, 3.05) is 24.3 Å². The fourth-order valence-electron chi connectivity index (χ4n) is 3.12. The largest absolute Gasteiger partial charge is 0.444 e. The highest BCUT2D eigenvalue weighted by Crippen LogP contribution is 2.19. The van der Waals surface area contributed by atoms with E-state index in [2.05, 4.69) is 22.2 Å². The Morgan fingerprint density at radius 1 is 1.12 bits per heavy atom. The van der Waals surface area contributed by atoms with Gasteiger partial charge in [0.2, 0.25) is 5.91 Å². The first-order valence-corrected chi connectivity index (χ1v) is 13.0. The number of nitrogens with zero attached hydrogens (tertiary/aromatic N) is 1. The van der Waals surface area contributed by atoms with Gasteiger partial charge in [0.05, 0.1) is 5.75 Å². The Bertz CT molecular complexity index is 859. The van der Waals surface area contributed by atoms with E-state index in [1.54, 1.807) is 25.7 Å². The van der Waals surface area contributed by atoms with Crippen molar-refractivity contribution in [3.05, 3.63) is 35.4 Å². The molecule has 0 bridgehead atoms. The molecule has 0 aromatic heterocycles. The van der Waals surface area contributed by atoms with Crippen molar-refractivity contribution in [1.82, 2.24) is 21.1 Å². The standard InChI is InChI=1S/C22H32N4O5S2/c1-22(2,3)31-20(29)23-17(10-12-32-4)19(28)24-25-21(30)33-14-18(27)26-11-9-15-7-5-6-8-16(15)13-26/h5-8,17H,9-14H2,1-4H3,(H,23,29)(H,24,28)(H,25,30)/t17-/m0/s1. The van der Waals surface area contributed by atoms with Crippen molar-refractivity contribution >= 4 is 46.7 Å². The molecule has 1 aromatic rings. The summed E-state index contributed by atoms with van der Waals surface area (Å²) >= 11 is 2.31. The maximum atomic E-state index is 12.5. The molecule has 1 atom stereocenters. The topological polar surface area (TPSA) is 117 Å². The minimum Gasteiger partial charge on any atom is -0.444 e. The lowest BCUT2D eigenvalue weighted by molar-refractivity contribution is -0.129. The van der Waals surface area contributed by atoms with Crippen molar-refractivity contribution in [1.29, 1.82) is 0 Å². The van der Waals surface area contributed by atoms with Crippen LogP contribution in [-0.2, 0) is 27.3 Å². The maximum absolute atomic E-state index is 12.5. The Morgan fingerprint density at radius 3 is 2.48 bits per heavy atom. The van der Waals surface area contributed by atoms with Gasteiger partial charge in [-0.1, -0.05) is 36.0 Å². The maximum Gasteiger partial charge on any atom is 0.408 e. The van der Waals surface area contributed by atoms with Crippen LogP contribution in [0, 0.1) is 0 Å². The summed E-state index contributed by atoms with van der Waals surface area (Å²) < 4.78 is 5.20. The highest BCUT2D eigenvalue weighted by molar-refractivity contribution is 8.14. The van der Waals surface area contributed by atoms with Crippen LogP contribution in [0.1, 0.15) is 38.3 Å². The van der Waals surface area contributed by atoms with Gasteiger partial charge in [0.1, 0.15) is 11.6 Å².